The van der Waals surface area contributed by atoms with Crippen molar-refractivity contribution in [2.24, 2.45) is 14.1 Å². The molecule has 6 nitrogen and oxygen atoms in total. The number of hydrogen-bond donors (Lipinski definition) is 3. The molecule has 8 bridgehead atoms. The molecule has 0 spiro atoms. The van der Waals surface area contributed by atoms with Crippen molar-refractivity contribution in [1.82, 2.24) is 19.9 Å². The second-order valence-corrected chi connectivity index (χ2v) is 11.5. The second-order valence-electron chi connectivity index (χ2n) is 11.5. The van der Waals surface area contributed by atoms with E-state index in [1.165, 1.54) is 6.08 Å². The van der Waals surface area contributed by atoms with E-state index >= 15 is 8.78 Å². The number of aromatic amines is 3. The summed E-state index contributed by atoms with van der Waals surface area (Å²) in [5, 5.41) is 0. The first-order valence-corrected chi connectivity index (χ1v) is 15.0. The van der Waals surface area contributed by atoms with Gasteiger partial charge in [-0.15, -0.1) is 0 Å². The van der Waals surface area contributed by atoms with Crippen molar-refractivity contribution in [3.8, 4) is 33.6 Å². The maximum absolute atomic E-state index is 15.6. The number of nitrogens with zero attached hydrogens (tertiary/aromatic N) is 3. The smallest absolute Gasteiger partial charge is 0.354 e. The van der Waals surface area contributed by atoms with Crippen LogP contribution in [0.3, 0.4) is 0 Å². The second kappa shape index (κ2) is 12.1. The molecule has 7 heterocycles. The monoisotopic (exact) mass is 703 g/mol. The Hall–Kier alpha value is -5.58. The Morgan fingerprint density at radius 2 is 0.837 bits per heavy atom. The maximum atomic E-state index is 15.6. The van der Waals surface area contributed by atoms with Gasteiger partial charge in [-0.2, -0.15) is 0 Å². The van der Waals surface area contributed by atoms with E-state index in [0.29, 0.717) is 27.9 Å². The molecule has 0 atom stereocenters. The molecule has 1 aliphatic rings. The predicted octanol–water partition coefficient (Wildman–Crippen LogP) is 8.04. The number of halogens is 5. The van der Waals surface area contributed by atoms with Gasteiger partial charge in [0.25, 0.3) is 0 Å². The van der Waals surface area contributed by atoms with Gasteiger partial charge < -0.3 is 15.0 Å². The van der Waals surface area contributed by atoms with Crippen LogP contribution in [0.2, 0.25) is 0 Å². The Morgan fingerprint density at radius 1 is 0.449 bits per heavy atom. The van der Waals surface area contributed by atoms with E-state index in [4.69, 9.17) is 4.98 Å². The zero-order chi connectivity index (χ0) is 33.3. The van der Waals surface area contributed by atoms with Crippen molar-refractivity contribution >= 4 is 45.3 Å². The van der Waals surface area contributed by atoms with E-state index in [1.807, 2.05) is 96.3 Å². The summed E-state index contributed by atoms with van der Waals surface area (Å²) in [5.41, 5.74) is 5.60. The fourth-order valence-corrected chi connectivity index (χ4v) is 6.34. The van der Waals surface area contributed by atoms with Gasteiger partial charge in [0.15, 0.2) is 35.7 Å². The quantitative estimate of drug-likeness (QED) is 0.0564. The van der Waals surface area contributed by atoms with Crippen molar-refractivity contribution < 1.29 is 48.2 Å². The minimum atomic E-state index is -2.24. The van der Waals surface area contributed by atoms with E-state index in [2.05, 4.69) is 15.0 Å². The minimum Gasteiger partial charge on any atom is -0.354 e. The van der Waals surface area contributed by atoms with Crippen LogP contribution in [0.25, 0.3) is 78.9 Å². The van der Waals surface area contributed by atoms with E-state index < -0.39 is 34.6 Å². The molecule has 240 valence electrons. The molecule has 0 radical (unpaired) electrons. The van der Waals surface area contributed by atoms with Crippen LogP contribution in [-0.2, 0) is 31.2 Å². The summed E-state index contributed by atoms with van der Waals surface area (Å²) in [4.78, 5) is 15.0. The number of fused-ring (bicyclic) bond motifs is 9. The van der Waals surface area contributed by atoms with Crippen LogP contribution in [0.15, 0.2) is 85.2 Å². The van der Waals surface area contributed by atoms with Crippen molar-refractivity contribution in [2.75, 3.05) is 0 Å². The molecule has 0 fully saturated rings. The zero-order valence-electron chi connectivity index (χ0n) is 25.8. The van der Waals surface area contributed by atoms with Gasteiger partial charge in [0, 0.05) is 35.3 Å². The number of benzene rings is 1. The molecule has 0 saturated carbocycles. The Morgan fingerprint density at radius 3 is 1.35 bits per heavy atom. The number of aromatic nitrogens is 6. The third-order valence-electron chi connectivity index (χ3n) is 8.66. The Balaban J connectivity index is 0.00000378. The number of pyridine rings is 2. The van der Waals surface area contributed by atoms with E-state index in [1.54, 1.807) is 18.2 Å². The molecular formula is C37H25F5MnN6+5. The van der Waals surface area contributed by atoms with Gasteiger partial charge in [-0.25, -0.2) is 36.1 Å². The minimum absolute atomic E-state index is 0. The molecule has 8 rings (SSSR count). The largest absolute Gasteiger partial charge is 3.00 e. The molecule has 0 unspecified atom stereocenters. The third kappa shape index (κ3) is 5.11. The van der Waals surface area contributed by atoms with E-state index in [-0.39, 0.29) is 33.8 Å². The third-order valence-corrected chi connectivity index (χ3v) is 8.66. The van der Waals surface area contributed by atoms with Gasteiger partial charge >= 0.3 is 17.1 Å². The summed E-state index contributed by atoms with van der Waals surface area (Å²) >= 11 is 0. The molecule has 6 aromatic heterocycles. The summed E-state index contributed by atoms with van der Waals surface area (Å²) in [6, 6.07) is 22.3. The first-order chi connectivity index (χ1) is 23.2. The fourth-order valence-electron chi connectivity index (χ4n) is 6.34. The predicted molar refractivity (Wildman–Crippen MR) is 174 cm³/mol. The number of H-pyrrole nitrogens is 3. The van der Waals surface area contributed by atoms with Gasteiger partial charge in [0.2, 0.25) is 17.2 Å². The topological polar surface area (TPSA) is 68.0 Å². The van der Waals surface area contributed by atoms with Crippen molar-refractivity contribution in [2.45, 2.75) is 0 Å². The van der Waals surface area contributed by atoms with Crippen LogP contribution in [0, 0.1) is 29.1 Å². The molecular weight excluding hydrogens is 678 g/mol. The van der Waals surface area contributed by atoms with Crippen molar-refractivity contribution in [3.63, 3.8) is 0 Å². The van der Waals surface area contributed by atoms with Gasteiger partial charge in [0.05, 0.1) is 55.7 Å². The molecule has 3 N–H and O–H groups in total. The molecule has 7 aromatic rings. The molecule has 12 heteroatoms. The molecule has 0 saturated heterocycles. The van der Waals surface area contributed by atoms with Gasteiger partial charge in [0.1, 0.15) is 14.1 Å². The fraction of sp³-hybridized carbons (Fsp3) is 0.0541. The van der Waals surface area contributed by atoms with Crippen LogP contribution < -0.4 is 9.13 Å². The Kier molecular flexibility index (Phi) is 7.93. The summed E-state index contributed by atoms with van der Waals surface area (Å²) in [7, 11) is 3.75. The molecule has 1 aliphatic heterocycles. The number of rotatable bonds is 3. The molecule has 0 aliphatic carbocycles. The summed E-state index contributed by atoms with van der Waals surface area (Å²) in [5.74, 6) is -10.2. The van der Waals surface area contributed by atoms with Crippen LogP contribution in [0.5, 0.6) is 0 Å². The molecule has 0 amide bonds. The first-order valence-electron chi connectivity index (χ1n) is 15.0. The average molecular weight is 704 g/mol. The molecule has 49 heavy (non-hydrogen) atoms. The number of nitrogens with one attached hydrogen (secondary N) is 3. The van der Waals surface area contributed by atoms with Crippen LogP contribution in [0.4, 0.5) is 22.0 Å². The van der Waals surface area contributed by atoms with Gasteiger partial charge in [-0.3, -0.25) is 0 Å². The Labute approximate surface area is 286 Å². The summed E-state index contributed by atoms with van der Waals surface area (Å²) in [6.07, 6.45) is 6.93. The number of hydrogen-bond acceptors (Lipinski definition) is 1. The van der Waals surface area contributed by atoms with E-state index in [0.717, 1.165) is 27.9 Å². The summed E-state index contributed by atoms with van der Waals surface area (Å²) in [6.45, 7) is 0. The van der Waals surface area contributed by atoms with Crippen LogP contribution in [-0.4, -0.2) is 19.9 Å². The number of aryl methyl sites for hydroxylation is 2. The van der Waals surface area contributed by atoms with Crippen molar-refractivity contribution in [1.29, 1.82) is 0 Å². The van der Waals surface area contributed by atoms with Crippen molar-refractivity contribution in [3.05, 3.63) is 126 Å². The molecule has 1 aromatic carbocycles. The zero-order valence-corrected chi connectivity index (χ0v) is 27.0. The van der Waals surface area contributed by atoms with Gasteiger partial charge in [-0.05, 0) is 60.7 Å². The average Bonchev–Trinajstić information content (AvgIpc) is 3.91. The van der Waals surface area contributed by atoms with Crippen LogP contribution >= 0.6 is 0 Å². The van der Waals surface area contributed by atoms with Crippen LogP contribution in [0.1, 0.15) is 11.4 Å². The van der Waals surface area contributed by atoms with E-state index in [9.17, 15) is 13.2 Å². The first kappa shape index (κ1) is 32.0. The normalized spacial score (nSPS) is 11.7. The SMILES string of the molecule is C[n+]1ccccc1-c1c2nc(c(-c3c(F)c(F)c(F)c(F)c3F)c3ccc([nH]3)c(-c3cccc[n+]3C)c3ccc([nH]3)c3ccc1[nH]3)C=C2.[Mn+3]. The standard InChI is InChI=1S/C37H23F5N6.Mn/c1-47-17-5-3-7-27(47)29-21-11-9-19(43-21)20-10-12-22(44-20)30(28-8-4-6-18-48(28)2)24-14-16-26(46-24)31(25-15-13-23(29)45-25)32-33(38)35(40)37(42)36(41)34(32)39;/h3-18H,1-2H3,(H,45,46);/q;+3/p+2. The van der Waals surface area contributed by atoms with Gasteiger partial charge in [-0.1, -0.05) is 0 Å². The summed E-state index contributed by atoms with van der Waals surface area (Å²) < 4.78 is 78.8. The maximum Gasteiger partial charge on any atom is 3.00 e. The Bertz CT molecular complexity index is 2590.